The van der Waals surface area contributed by atoms with Crippen molar-refractivity contribution in [1.82, 2.24) is 9.97 Å². The summed E-state index contributed by atoms with van der Waals surface area (Å²) in [5.74, 6) is -0.369. The van der Waals surface area contributed by atoms with E-state index in [0.717, 1.165) is 10.9 Å². The molecule has 0 radical (unpaired) electrons. The maximum absolute atomic E-state index is 13.1. The number of rotatable bonds is 0. The Morgan fingerprint density at radius 1 is 0.917 bits per heavy atom. The van der Waals surface area contributed by atoms with E-state index in [4.69, 9.17) is 11.6 Å². The number of benzene rings is 2. The van der Waals surface area contributed by atoms with Crippen molar-refractivity contribution in [3.05, 3.63) is 76.1 Å². The summed E-state index contributed by atoms with van der Waals surface area (Å²) in [4.78, 5) is 33.5. The summed E-state index contributed by atoms with van der Waals surface area (Å²) in [5, 5.41) is 1.93. The highest BCUT2D eigenvalue weighted by Crippen LogP contribution is 2.35. The van der Waals surface area contributed by atoms with Crippen LogP contribution < -0.4 is 0 Å². The average Bonchev–Trinajstić information content (AvgIpc) is 2.98. The van der Waals surface area contributed by atoms with Gasteiger partial charge in [0.05, 0.1) is 22.3 Å². The number of hydrogen-bond acceptors (Lipinski definition) is 3. The molecule has 1 aliphatic rings. The number of H-pyrrole nitrogens is 1. The molecular weight excluding hydrogens is 324 g/mol. The Balaban J connectivity index is 1.90. The zero-order valence-electron chi connectivity index (χ0n) is 12.3. The Morgan fingerprint density at radius 3 is 2.62 bits per heavy atom. The molecule has 0 saturated carbocycles. The molecule has 1 N–H and O–H groups in total. The predicted molar refractivity (Wildman–Crippen MR) is 91.9 cm³/mol. The van der Waals surface area contributed by atoms with Crippen molar-refractivity contribution >= 4 is 45.0 Å². The number of pyridine rings is 1. The molecule has 2 aromatic carbocycles. The normalized spacial score (nSPS) is 13.4. The number of aromatic amines is 1. The maximum atomic E-state index is 13.1. The molecule has 24 heavy (non-hydrogen) atoms. The van der Waals surface area contributed by atoms with Gasteiger partial charge in [-0.15, -0.1) is 0 Å². The summed E-state index contributed by atoms with van der Waals surface area (Å²) < 4.78 is 0. The number of nitrogens with one attached hydrogen (secondary N) is 1. The molecule has 0 bridgehead atoms. The number of aromatic nitrogens is 2. The number of fused-ring (bicyclic) bond motifs is 6. The summed E-state index contributed by atoms with van der Waals surface area (Å²) in [6, 6.07) is 12.5. The van der Waals surface area contributed by atoms with Gasteiger partial charge in [-0.1, -0.05) is 35.9 Å². The van der Waals surface area contributed by atoms with Crippen LogP contribution in [0.5, 0.6) is 0 Å². The summed E-state index contributed by atoms with van der Waals surface area (Å²) >= 11 is 6.00. The van der Waals surface area contributed by atoms with E-state index in [1.165, 1.54) is 6.20 Å². The highest BCUT2D eigenvalue weighted by Gasteiger charge is 2.34. The molecule has 114 valence electrons. The monoisotopic (exact) mass is 332 g/mol. The van der Waals surface area contributed by atoms with Gasteiger partial charge in [-0.05, 0) is 18.2 Å². The van der Waals surface area contributed by atoms with E-state index in [9.17, 15) is 9.59 Å². The summed E-state index contributed by atoms with van der Waals surface area (Å²) in [5.41, 5.74) is 2.88. The Morgan fingerprint density at radius 2 is 1.75 bits per heavy atom. The number of carbonyl (C=O) groups excluding carboxylic acids is 2. The number of hydrogen-bond donors (Lipinski definition) is 1. The van der Waals surface area contributed by atoms with E-state index < -0.39 is 0 Å². The molecule has 1 aliphatic carbocycles. The number of ketones is 2. The van der Waals surface area contributed by atoms with Gasteiger partial charge in [0.15, 0.2) is 5.78 Å². The lowest BCUT2D eigenvalue weighted by Crippen LogP contribution is -2.21. The second kappa shape index (κ2) is 4.52. The van der Waals surface area contributed by atoms with Crippen LogP contribution in [0.25, 0.3) is 21.8 Å². The van der Waals surface area contributed by atoms with Crippen LogP contribution in [0.1, 0.15) is 32.0 Å². The third-order valence-electron chi connectivity index (χ3n) is 4.46. The van der Waals surface area contributed by atoms with Crippen molar-refractivity contribution in [2.45, 2.75) is 0 Å². The van der Waals surface area contributed by atoms with Gasteiger partial charge in [0.25, 0.3) is 0 Å². The lowest BCUT2D eigenvalue weighted by Gasteiger charge is -2.16. The van der Waals surface area contributed by atoms with E-state index in [1.54, 1.807) is 18.2 Å². The topological polar surface area (TPSA) is 62.8 Å². The van der Waals surface area contributed by atoms with Crippen LogP contribution in [0.15, 0.2) is 48.7 Å². The second-order valence-electron chi connectivity index (χ2n) is 5.79. The third-order valence-corrected chi connectivity index (χ3v) is 4.70. The van der Waals surface area contributed by atoms with Gasteiger partial charge in [0.2, 0.25) is 5.78 Å². The van der Waals surface area contributed by atoms with Crippen LogP contribution in [-0.2, 0) is 0 Å². The Hall–Kier alpha value is -2.98. The van der Waals surface area contributed by atoms with Crippen molar-refractivity contribution in [2.75, 3.05) is 0 Å². The van der Waals surface area contributed by atoms with Crippen LogP contribution >= 0.6 is 11.6 Å². The minimum absolute atomic E-state index is 0.179. The Labute approximate surface area is 141 Å². The Kier molecular flexibility index (Phi) is 2.54. The van der Waals surface area contributed by atoms with Crippen LogP contribution in [0, 0.1) is 0 Å². The fourth-order valence-electron chi connectivity index (χ4n) is 3.39. The number of halogens is 1. The fraction of sp³-hybridized carbons (Fsp3) is 0. The van der Waals surface area contributed by atoms with Gasteiger partial charge < -0.3 is 4.98 Å². The standard InChI is InChI=1S/C19H9ClN2O2/c20-9-5-6-11-14(7-9)21-8-12-15(11)19(24)17-16(18(12)23)10-3-1-2-4-13(10)22-17/h1-8,22H. The van der Waals surface area contributed by atoms with Gasteiger partial charge >= 0.3 is 0 Å². The van der Waals surface area contributed by atoms with Gasteiger partial charge in [-0.25, -0.2) is 0 Å². The lowest BCUT2D eigenvalue weighted by molar-refractivity contribution is 0.0979. The maximum Gasteiger partial charge on any atom is 0.211 e. The zero-order chi connectivity index (χ0) is 16.4. The van der Waals surface area contributed by atoms with Gasteiger partial charge in [0.1, 0.15) is 0 Å². The molecular formula is C19H9ClN2O2. The van der Waals surface area contributed by atoms with E-state index in [2.05, 4.69) is 9.97 Å². The minimum atomic E-state index is -0.189. The van der Waals surface area contributed by atoms with Gasteiger partial charge in [-0.3, -0.25) is 14.6 Å². The van der Waals surface area contributed by atoms with Crippen LogP contribution in [0.3, 0.4) is 0 Å². The van der Waals surface area contributed by atoms with E-state index >= 15 is 0 Å². The van der Waals surface area contributed by atoms with Crippen LogP contribution in [0.2, 0.25) is 5.02 Å². The first-order valence-electron chi connectivity index (χ1n) is 7.43. The molecule has 2 heterocycles. The molecule has 5 heteroatoms. The average molecular weight is 333 g/mol. The first kappa shape index (κ1) is 13.5. The van der Waals surface area contributed by atoms with Gasteiger partial charge in [-0.2, -0.15) is 0 Å². The summed E-state index contributed by atoms with van der Waals surface area (Å²) in [6.45, 7) is 0. The van der Waals surface area contributed by atoms with Crippen LogP contribution in [0.4, 0.5) is 0 Å². The summed E-state index contributed by atoms with van der Waals surface area (Å²) in [7, 11) is 0. The van der Waals surface area contributed by atoms with E-state index in [0.29, 0.717) is 38.3 Å². The molecule has 0 amide bonds. The highest BCUT2D eigenvalue weighted by atomic mass is 35.5. The molecule has 0 fully saturated rings. The van der Waals surface area contributed by atoms with Crippen molar-refractivity contribution < 1.29 is 9.59 Å². The quantitative estimate of drug-likeness (QED) is 0.463. The van der Waals surface area contributed by atoms with Crippen molar-refractivity contribution in [3.63, 3.8) is 0 Å². The SMILES string of the molecule is O=C1c2[nH]c3ccccc3c2C(=O)c2cnc3cc(Cl)ccc3c21. The first-order chi connectivity index (χ1) is 11.6. The second-order valence-corrected chi connectivity index (χ2v) is 6.22. The number of para-hydroxylation sites is 1. The van der Waals surface area contributed by atoms with E-state index in [-0.39, 0.29) is 11.6 Å². The Bertz CT molecular complexity index is 1210. The van der Waals surface area contributed by atoms with Crippen molar-refractivity contribution in [2.24, 2.45) is 0 Å². The van der Waals surface area contributed by atoms with Gasteiger partial charge in [0, 0.05) is 33.1 Å². The lowest BCUT2D eigenvalue weighted by atomic mass is 9.86. The molecule has 0 aliphatic heterocycles. The van der Waals surface area contributed by atoms with Crippen molar-refractivity contribution in [3.8, 4) is 0 Å². The number of carbonyl (C=O) groups is 2. The smallest absolute Gasteiger partial charge is 0.211 e. The largest absolute Gasteiger partial charge is 0.351 e. The predicted octanol–water partition coefficient (Wildman–Crippen LogP) is 4.14. The molecule has 0 atom stereocenters. The third kappa shape index (κ3) is 1.61. The van der Waals surface area contributed by atoms with Crippen LogP contribution in [-0.4, -0.2) is 21.5 Å². The first-order valence-corrected chi connectivity index (χ1v) is 7.81. The molecule has 0 spiro atoms. The zero-order valence-corrected chi connectivity index (χ0v) is 13.0. The molecule has 0 unspecified atom stereocenters. The van der Waals surface area contributed by atoms with Crippen molar-refractivity contribution in [1.29, 1.82) is 0 Å². The molecule has 4 aromatic rings. The molecule has 5 rings (SSSR count). The summed E-state index contributed by atoms with van der Waals surface area (Å²) in [6.07, 6.45) is 1.47. The minimum Gasteiger partial charge on any atom is -0.351 e. The highest BCUT2D eigenvalue weighted by molar-refractivity contribution is 6.35. The fourth-order valence-corrected chi connectivity index (χ4v) is 3.56. The molecule has 0 saturated heterocycles. The van der Waals surface area contributed by atoms with E-state index in [1.807, 2.05) is 24.3 Å². The molecule has 2 aromatic heterocycles. The molecule has 4 nitrogen and oxygen atoms in total. The number of nitrogens with zero attached hydrogens (tertiary/aromatic N) is 1.